The molecule has 0 aromatic heterocycles. The largest absolute Gasteiger partial charge is 0.381 e. The van der Waals surface area contributed by atoms with Crippen LogP contribution in [0.3, 0.4) is 0 Å². The molecule has 112 valence electrons. The van der Waals surface area contributed by atoms with Gasteiger partial charge in [0.25, 0.3) is 0 Å². The molecule has 0 saturated carbocycles. The van der Waals surface area contributed by atoms with Gasteiger partial charge < -0.3 is 5.32 Å². The first-order valence-corrected chi connectivity index (χ1v) is 8.46. The summed E-state index contributed by atoms with van der Waals surface area (Å²) in [5, 5.41) is 8.64. The molecular formula is C14H23N3O2S. The summed E-state index contributed by atoms with van der Waals surface area (Å²) in [4.78, 5) is 2.60. The molecule has 1 aliphatic rings. The standard InChI is InChI=1S/C14H23N3O2S/c1-10(2)17-7-6-13(9-17)16-12-5-4-11(3)14(8-12)20(15,18)19/h4-5,8,10,13,16H,6-7,9H2,1-3H3,(H2,15,18,19). The Morgan fingerprint density at radius 2 is 2.10 bits per heavy atom. The van der Waals surface area contributed by atoms with Crippen LogP contribution in [0.25, 0.3) is 0 Å². The van der Waals surface area contributed by atoms with Crippen molar-refractivity contribution in [1.29, 1.82) is 0 Å². The van der Waals surface area contributed by atoms with E-state index in [0.29, 0.717) is 17.6 Å². The van der Waals surface area contributed by atoms with Gasteiger partial charge in [-0.1, -0.05) is 6.07 Å². The van der Waals surface area contributed by atoms with E-state index in [1.54, 1.807) is 19.1 Å². The fourth-order valence-electron chi connectivity index (χ4n) is 2.61. The van der Waals surface area contributed by atoms with E-state index >= 15 is 0 Å². The van der Waals surface area contributed by atoms with E-state index in [1.807, 2.05) is 6.07 Å². The highest BCUT2D eigenvalue weighted by atomic mass is 32.2. The Bertz CT molecular complexity index is 584. The molecule has 1 aliphatic heterocycles. The summed E-state index contributed by atoms with van der Waals surface area (Å²) in [7, 11) is -3.66. The predicted molar refractivity (Wildman–Crippen MR) is 81.3 cm³/mol. The van der Waals surface area contributed by atoms with Gasteiger partial charge in [0.2, 0.25) is 10.0 Å². The van der Waals surface area contributed by atoms with Crippen molar-refractivity contribution in [1.82, 2.24) is 4.90 Å². The maximum Gasteiger partial charge on any atom is 0.238 e. The third-order valence-corrected chi connectivity index (χ3v) is 4.87. The second kappa shape index (κ2) is 5.71. The van der Waals surface area contributed by atoms with Gasteiger partial charge >= 0.3 is 0 Å². The molecule has 0 amide bonds. The summed E-state index contributed by atoms with van der Waals surface area (Å²) in [5.74, 6) is 0. The Morgan fingerprint density at radius 1 is 1.40 bits per heavy atom. The maximum atomic E-state index is 11.5. The van der Waals surface area contributed by atoms with Gasteiger partial charge in [-0.15, -0.1) is 0 Å². The van der Waals surface area contributed by atoms with E-state index in [0.717, 1.165) is 25.2 Å². The molecule has 1 unspecified atom stereocenters. The topological polar surface area (TPSA) is 75.4 Å². The lowest BCUT2D eigenvalue weighted by molar-refractivity contribution is 0.274. The Morgan fingerprint density at radius 3 is 2.65 bits per heavy atom. The summed E-state index contributed by atoms with van der Waals surface area (Å²) in [5.41, 5.74) is 1.49. The van der Waals surface area contributed by atoms with Gasteiger partial charge in [-0.3, -0.25) is 4.90 Å². The fourth-order valence-corrected chi connectivity index (χ4v) is 3.41. The third-order valence-electron chi connectivity index (χ3n) is 3.82. The fraction of sp³-hybridized carbons (Fsp3) is 0.571. The van der Waals surface area contributed by atoms with Crippen LogP contribution in [-0.2, 0) is 10.0 Å². The van der Waals surface area contributed by atoms with Crippen LogP contribution in [0, 0.1) is 6.92 Å². The maximum absolute atomic E-state index is 11.5. The Balaban J connectivity index is 2.12. The number of likely N-dealkylation sites (tertiary alicyclic amines) is 1. The van der Waals surface area contributed by atoms with Crippen molar-refractivity contribution in [3.05, 3.63) is 23.8 Å². The van der Waals surface area contributed by atoms with Gasteiger partial charge in [0.1, 0.15) is 0 Å². The number of hydrogen-bond acceptors (Lipinski definition) is 4. The summed E-state index contributed by atoms with van der Waals surface area (Å²) in [6.07, 6.45) is 1.07. The zero-order chi connectivity index (χ0) is 14.9. The molecule has 1 atom stereocenters. The van der Waals surface area contributed by atoms with Gasteiger partial charge in [0.15, 0.2) is 0 Å². The molecule has 1 fully saturated rings. The number of nitrogens with two attached hydrogens (primary N) is 1. The number of nitrogens with one attached hydrogen (secondary N) is 1. The number of anilines is 1. The first-order chi connectivity index (χ1) is 9.27. The lowest BCUT2D eigenvalue weighted by Crippen LogP contribution is -2.31. The second-order valence-electron chi connectivity index (χ2n) is 5.74. The smallest absolute Gasteiger partial charge is 0.238 e. The van der Waals surface area contributed by atoms with Crippen molar-refractivity contribution < 1.29 is 8.42 Å². The lowest BCUT2D eigenvalue weighted by Gasteiger charge is -2.21. The number of primary sulfonamides is 1. The van der Waals surface area contributed by atoms with Crippen molar-refractivity contribution in [3.8, 4) is 0 Å². The molecule has 20 heavy (non-hydrogen) atoms. The molecular weight excluding hydrogens is 274 g/mol. The van der Waals surface area contributed by atoms with E-state index in [-0.39, 0.29) is 4.90 Å². The van der Waals surface area contributed by atoms with Crippen LogP contribution in [0.5, 0.6) is 0 Å². The molecule has 1 heterocycles. The number of aryl methyl sites for hydroxylation is 1. The summed E-state index contributed by atoms with van der Waals surface area (Å²) in [6, 6.07) is 6.22. The zero-order valence-electron chi connectivity index (χ0n) is 12.3. The van der Waals surface area contributed by atoms with Crippen LogP contribution >= 0.6 is 0 Å². The Labute approximate surface area is 121 Å². The van der Waals surface area contributed by atoms with Crippen LogP contribution in [0.15, 0.2) is 23.1 Å². The van der Waals surface area contributed by atoms with Crippen LogP contribution in [0.4, 0.5) is 5.69 Å². The van der Waals surface area contributed by atoms with Crippen molar-refractivity contribution in [2.75, 3.05) is 18.4 Å². The van der Waals surface area contributed by atoms with Crippen LogP contribution < -0.4 is 10.5 Å². The summed E-state index contributed by atoms with van der Waals surface area (Å²) < 4.78 is 23.1. The molecule has 1 aromatic carbocycles. The van der Waals surface area contributed by atoms with Gasteiger partial charge in [-0.25, -0.2) is 13.6 Å². The Hall–Kier alpha value is -1.11. The average molecular weight is 297 g/mol. The molecule has 0 aliphatic carbocycles. The van der Waals surface area contributed by atoms with Gasteiger partial charge in [0.05, 0.1) is 4.90 Å². The molecule has 2 rings (SSSR count). The van der Waals surface area contributed by atoms with Crippen molar-refractivity contribution in [2.24, 2.45) is 5.14 Å². The normalized spacial score (nSPS) is 20.6. The number of rotatable bonds is 4. The first kappa shape index (κ1) is 15.3. The molecule has 5 nitrogen and oxygen atoms in total. The SMILES string of the molecule is Cc1ccc(NC2CCN(C(C)C)C2)cc1S(N)(=O)=O. The second-order valence-corrected chi connectivity index (χ2v) is 7.27. The minimum absolute atomic E-state index is 0.196. The summed E-state index contributed by atoms with van der Waals surface area (Å²) >= 11 is 0. The zero-order valence-corrected chi connectivity index (χ0v) is 13.1. The van der Waals surface area contributed by atoms with E-state index < -0.39 is 10.0 Å². The molecule has 0 spiro atoms. The molecule has 1 aromatic rings. The van der Waals surface area contributed by atoms with Crippen molar-refractivity contribution in [2.45, 2.75) is 44.2 Å². The highest BCUT2D eigenvalue weighted by Crippen LogP contribution is 2.22. The molecule has 3 N–H and O–H groups in total. The third kappa shape index (κ3) is 3.50. The minimum Gasteiger partial charge on any atom is -0.381 e. The van der Waals surface area contributed by atoms with E-state index in [4.69, 9.17) is 5.14 Å². The van der Waals surface area contributed by atoms with Gasteiger partial charge in [-0.05, 0) is 44.9 Å². The first-order valence-electron chi connectivity index (χ1n) is 6.91. The summed E-state index contributed by atoms with van der Waals surface area (Å²) in [6.45, 7) is 8.18. The van der Waals surface area contributed by atoms with Crippen LogP contribution in [0.1, 0.15) is 25.8 Å². The number of sulfonamides is 1. The molecule has 0 bridgehead atoms. The van der Waals surface area contributed by atoms with E-state index in [1.165, 1.54) is 0 Å². The number of hydrogen-bond donors (Lipinski definition) is 2. The molecule has 1 saturated heterocycles. The Kier molecular flexibility index (Phi) is 4.36. The highest BCUT2D eigenvalue weighted by Gasteiger charge is 2.24. The molecule has 0 radical (unpaired) electrons. The number of benzene rings is 1. The van der Waals surface area contributed by atoms with Crippen molar-refractivity contribution >= 4 is 15.7 Å². The predicted octanol–water partition coefficient (Wildman–Crippen LogP) is 1.54. The highest BCUT2D eigenvalue weighted by molar-refractivity contribution is 7.89. The lowest BCUT2D eigenvalue weighted by atomic mass is 10.2. The van der Waals surface area contributed by atoms with Gasteiger partial charge in [-0.2, -0.15) is 0 Å². The van der Waals surface area contributed by atoms with Crippen molar-refractivity contribution in [3.63, 3.8) is 0 Å². The van der Waals surface area contributed by atoms with Crippen LogP contribution in [-0.4, -0.2) is 38.5 Å². The quantitative estimate of drug-likeness (QED) is 0.884. The average Bonchev–Trinajstić information content (AvgIpc) is 2.79. The number of nitrogens with zero attached hydrogens (tertiary/aromatic N) is 1. The molecule has 6 heteroatoms. The van der Waals surface area contributed by atoms with E-state index in [9.17, 15) is 8.42 Å². The van der Waals surface area contributed by atoms with E-state index in [2.05, 4.69) is 24.1 Å². The monoisotopic (exact) mass is 297 g/mol. The van der Waals surface area contributed by atoms with Crippen LogP contribution in [0.2, 0.25) is 0 Å². The minimum atomic E-state index is -3.66. The van der Waals surface area contributed by atoms with Gasteiger partial charge in [0, 0.05) is 30.9 Å².